The molecule has 0 saturated carbocycles. The molecule has 0 aliphatic carbocycles. The molecule has 5 rings (SSSR count). The van der Waals surface area contributed by atoms with Gasteiger partial charge in [-0.25, -0.2) is 9.97 Å². The van der Waals surface area contributed by atoms with Crippen molar-refractivity contribution in [1.82, 2.24) is 19.9 Å². The van der Waals surface area contributed by atoms with E-state index in [1.165, 1.54) is 48.2 Å². The Morgan fingerprint density at radius 3 is 2.86 bits per heavy atom. The summed E-state index contributed by atoms with van der Waals surface area (Å²) in [6.45, 7) is 7.89. The number of hydrogen-bond donors (Lipinski definition) is 0. The predicted molar refractivity (Wildman–Crippen MR) is 116 cm³/mol. The van der Waals surface area contributed by atoms with E-state index in [-0.39, 0.29) is 0 Å². The molecule has 0 amide bonds. The van der Waals surface area contributed by atoms with Gasteiger partial charge in [-0.1, -0.05) is 0 Å². The molecule has 3 aromatic heterocycles. The van der Waals surface area contributed by atoms with Crippen LogP contribution in [0.15, 0.2) is 24.5 Å². The average Bonchev–Trinajstić information content (AvgIpc) is 3.01. The lowest BCUT2D eigenvalue weighted by Crippen LogP contribution is -2.53. The standard InChI is InChI=1S/C22H27N5S/c1-14-15(2)28-22-19(14)21(24-20(25-22)16-6-4-9-23-12-16)27-10-5-7-17-13-26(3)11-8-18(17)27/h4,6,9,12,17-18H,5,7-8,10-11,13H2,1-3H3. The van der Waals surface area contributed by atoms with Crippen LogP contribution in [0, 0.1) is 19.8 Å². The number of rotatable bonds is 2. The Balaban J connectivity index is 1.67. The molecule has 6 heteroatoms. The first-order valence-corrected chi connectivity index (χ1v) is 11.1. The SMILES string of the molecule is Cc1sc2nc(-c3cccnc3)nc(N3CCCC4CN(C)CCC43)c2c1C. The van der Waals surface area contributed by atoms with Crippen LogP contribution in [-0.4, -0.2) is 52.6 Å². The van der Waals surface area contributed by atoms with E-state index < -0.39 is 0 Å². The summed E-state index contributed by atoms with van der Waals surface area (Å²) in [6, 6.07) is 4.60. The third-order valence-electron chi connectivity index (χ3n) is 6.47. The van der Waals surface area contributed by atoms with Gasteiger partial charge in [0.05, 0.1) is 5.39 Å². The number of aromatic nitrogens is 3. The van der Waals surface area contributed by atoms with Crippen LogP contribution in [0.1, 0.15) is 29.7 Å². The van der Waals surface area contributed by atoms with Crippen molar-refractivity contribution in [2.75, 3.05) is 31.6 Å². The van der Waals surface area contributed by atoms with E-state index in [0.29, 0.717) is 6.04 Å². The number of pyridine rings is 1. The van der Waals surface area contributed by atoms with Gasteiger partial charge in [0.2, 0.25) is 0 Å². The largest absolute Gasteiger partial charge is 0.353 e. The fraction of sp³-hybridized carbons (Fsp3) is 0.500. The Labute approximate surface area is 170 Å². The van der Waals surface area contributed by atoms with E-state index in [4.69, 9.17) is 9.97 Å². The van der Waals surface area contributed by atoms with Gasteiger partial charge < -0.3 is 9.80 Å². The first-order valence-electron chi connectivity index (χ1n) is 10.2. The molecule has 2 atom stereocenters. The maximum Gasteiger partial charge on any atom is 0.164 e. The number of aryl methyl sites for hydroxylation is 2. The van der Waals surface area contributed by atoms with Gasteiger partial charge in [0.15, 0.2) is 5.82 Å². The molecule has 2 saturated heterocycles. The fourth-order valence-corrected chi connectivity index (χ4v) is 5.93. The molecule has 5 heterocycles. The van der Waals surface area contributed by atoms with E-state index in [0.717, 1.165) is 34.5 Å². The van der Waals surface area contributed by atoms with Crippen LogP contribution in [0.2, 0.25) is 0 Å². The van der Waals surface area contributed by atoms with Gasteiger partial charge in [-0.3, -0.25) is 4.98 Å². The van der Waals surface area contributed by atoms with Gasteiger partial charge in [-0.2, -0.15) is 0 Å². The summed E-state index contributed by atoms with van der Waals surface area (Å²) in [4.78, 5) is 21.9. The van der Waals surface area contributed by atoms with E-state index in [1.54, 1.807) is 17.5 Å². The summed E-state index contributed by atoms with van der Waals surface area (Å²) < 4.78 is 0. The monoisotopic (exact) mass is 393 g/mol. The molecule has 0 N–H and O–H groups in total. The van der Waals surface area contributed by atoms with Gasteiger partial charge >= 0.3 is 0 Å². The van der Waals surface area contributed by atoms with Crippen molar-refractivity contribution in [3.05, 3.63) is 35.0 Å². The maximum absolute atomic E-state index is 5.15. The minimum Gasteiger partial charge on any atom is -0.353 e. The lowest BCUT2D eigenvalue weighted by Gasteiger charge is -2.47. The third-order valence-corrected chi connectivity index (χ3v) is 7.57. The zero-order valence-corrected chi connectivity index (χ0v) is 17.7. The number of thiophene rings is 1. The third kappa shape index (κ3) is 2.99. The lowest BCUT2D eigenvalue weighted by atomic mass is 9.84. The van der Waals surface area contributed by atoms with Gasteiger partial charge in [0.25, 0.3) is 0 Å². The highest BCUT2D eigenvalue weighted by molar-refractivity contribution is 7.18. The summed E-state index contributed by atoms with van der Waals surface area (Å²) in [7, 11) is 2.25. The molecule has 2 aliphatic heterocycles. The second-order valence-electron chi connectivity index (χ2n) is 8.29. The molecule has 0 bridgehead atoms. The normalized spacial score (nSPS) is 23.2. The van der Waals surface area contributed by atoms with E-state index in [1.807, 2.05) is 12.3 Å². The molecule has 146 valence electrons. The Morgan fingerprint density at radius 1 is 1.14 bits per heavy atom. The number of nitrogens with zero attached hydrogens (tertiary/aromatic N) is 5. The van der Waals surface area contributed by atoms with Gasteiger partial charge in [-0.05, 0) is 70.3 Å². The number of piperidine rings is 2. The second kappa shape index (κ2) is 7.08. The number of hydrogen-bond acceptors (Lipinski definition) is 6. The zero-order chi connectivity index (χ0) is 19.3. The molecule has 0 radical (unpaired) electrons. The smallest absolute Gasteiger partial charge is 0.164 e. The molecule has 2 unspecified atom stereocenters. The minimum atomic E-state index is 0.587. The summed E-state index contributed by atoms with van der Waals surface area (Å²) in [6.07, 6.45) is 7.46. The number of likely N-dealkylation sites (tertiary alicyclic amines) is 1. The molecular formula is C22H27N5S. The topological polar surface area (TPSA) is 45.2 Å². The molecule has 28 heavy (non-hydrogen) atoms. The van der Waals surface area contributed by atoms with Gasteiger partial charge in [0.1, 0.15) is 10.6 Å². The Morgan fingerprint density at radius 2 is 2.04 bits per heavy atom. The molecule has 0 spiro atoms. The summed E-state index contributed by atoms with van der Waals surface area (Å²) in [5, 5.41) is 1.26. The molecule has 3 aromatic rings. The highest BCUT2D eigenvalue weighted by Gasteiger charge is 2.37. The predicted octanol–water partition coefficient (Wildman–Crippen LogP) is 4.29. The zero-order valence-electron chi connectivity index (χ0n) is 16.9. The fourth-order valence-electron chi connectivity index (χ4n) is 4.91. The Kier molecular flexibility index (Phi) is 4.56. The molecule has 2 fully saturated rings. The van der Waals surface area contributed by atoms with Crippen LogP contribution in [0.3, 0.4) is 0 Å². The van der Waals surface area contributed by atoms with Gasteiger partial charge in [-0.15, -0.1) is 11.3 Å². The maximum atomic E-state index is 5.15. The average molecular weight is 394 g/mol. The molecule has 0 aromatic carbocycles. The molecule has 5 nitrogen and oxygen atoms in total. The quantitative estimate of drug-likeness (QED) is 0.650. The van der Waals surface area contributed by atoms with Crippen LogP contribution in [-0.2, 0) is 0 Å². The Hall–Kier alpha value is -2.05. The van der Waals surface area contributed by atoms with E-state index in [9.17, 15) is 0 Å². The molecule has 2 aliphatic rings. The first kappa shape index (κ1) is 18.0. The highest BCUT2D eigenvalue weighted by Crippen LogP contribution is 2.40. The van der Waals surface area contributed by atoms with E-state index >= 15 is 0 Å². The van der Waals surface area contributed by atoms with Gasteiger partial charge in [0, 0.05) is 42.0 Å². The number of fused-ring (bicyclic) bond motifs is 2. The first-order chi connectivity index (χ1) is 13.6. The van der Waals surface area contributed by atoms with Crippen molar-refractivity contribution >= 4 is 27.4 Å². The van der Waals surface area contributed by atoms with Crippen molar-refractivity contribution < 1.29 is 0 Å². The summed E-state index contributed by atoms with van der Waals surface area (Å²) in [5.41, 5.74) is 2.33. The summed E-state index contributed by atoms with van der Waals surface area (Å²) in [5.74, 6) is 2.68. The Bertz CT molecular complexity index is 999. The number of anilines is 1. The van der Waals surface area contributed by atoms with Crippen LogP contribution in [0.4, 0.5) is 5.82 Å². The highest BCUT2D eigenvalue weighted by atomic mass is 32.1. The van der Waals surface area contributed by atoms with Crippen LogP contribution in [0.5, 0.6) is 0 Å². The van der Waals surface area contributed by atoms with Crippen molar-refractivity contribution in [2.24, 2.45) is 5.92 Å². The van der Waals surface area contributed by atoms with Crippen LogP contribution in [0.25, 0.3) is 21.6 Å². The van der Waals surface area contributed by atoms with Crippen molar-refractivity contribution in [3.8, 4) is 11.4 Å². The van der Waals surface area contributed by atoms with E-state index in [2.05, 4.69) is 41.7 Å². The summed E-state index contributed by atoms with van der Waals surface area (Å²) >= 11 is 1.79. The van der Waals surface area contributed by atoms with Crippen LogP contribution < -0.4 is 4.90 Å². The van der Waals surface area contributed by atoms with Crippen molar-refractivity contribution in [3.63, 3.8) is 0 Å². The molecular weight excluding hydrogens is 366 g/mol. The minimum absolute atomic E-state index is 0.587. The van der Waals surface area contributed by atoms with Crippen molar-refractivity contribution in [1.29, 1.82) is 0 Å². The van der Waals surface area contributed by atoms with Crippen LogP contribution >= 0.6 is 11.3 Å². The lowest BCUT2D eigenvalue weighted by molar-refractivity contribution is 0.154. The second-order valence-corrected chi connectivity index (χ2v) is 9.49. The van der Waals surface area contributed by atoms with Crippen molar-refractivity contribution in [2.45, 2.75) is 39.2 Å².